The zero-order valence-corrected chi connectivity index (χ0v) is 16.6. The molecule has 1 fully saturated rings. The maximum absolute atomic E-state index is 13.0. The van der Waals surface area contributed by atoms with Crippen molar-refractivity contribution in [2.45, 2.75) is 18.6 Å². The van der Waals surface area contributed by atoms with Crippen LogP contribution in [-0.4, -0.2) is 55.1 Å². The normalized spacial score (nSPS) is 20.8. The van der Waals surface area contributed by atoms with Crippen LogP contribution in [0.2, 0.25) is 0 Å². The van der Waals surface area contributed by atoms with Gasteiger partial charge < -0.3 is 29.4 Å². The van der Waals surface area contributed by atoms with E-state index in [0.717, 1.165) is 4.90 Å². The van der Waals surface area contributed by atoms with Crippen molar-refractivity contribution >= 4 is 11.9 Å². The maximum atomic E-state index is 13.0. The number of ether oxygens (including phenoxy) is 4. The molecule has 0 spiro atoms. The number of rotatable bonds is 7. The fourth-order valence-corrected chi connectivity index (χ4v) is 3.39. The lowest BCUT2D eigenvalue weighted by molar-refractivity contribution is -0.132. The summed E-state index contributed by atoms with van der Waals surface area (Å²) >= 11 is 0. The SMILES string of the molecule is COc1ccc(OC[C@H](O)CN2C(=O)N[C@@](C)(c3ccc4c(c3)OCO4)C2=O)cc1. The zero-order chi connectivity index (χ0) is 21.3. The highest BCUT2D eigenvalue weighted by atomic mass is 16.7. The van der Waals surface area contributed by atoms with Crippen LogP contribution in [0.15, 0.2) is 42.5 Å². The highest BCUT2D eigenvalue weighted by Gasteiger charge is 2.49. The Hall–Kier alpha value is -3.46. The van der Waals surface area contributed by atoms with Crippen molar-refractivity contribution in [2.24, 2.45) is 0 Å². The lowest BCUT2D eigenvalue weighted by atomic mass is 9.91. The van der Waals surface area contributed by atoms with Crippen LogP contribution < -0.4 is 24.3 Å². The van der Waals surface area contributed by atoms with E-state index in [1.165, 1.54) is 0 Å². The Balaban J connectivity index is 1.40. The Morgan fingerprint density at radius 1 is 1.13 bits per heavy atom. The van der Waals surface area contributed by atoms with E-state index in [2.05, 4.69) is 5.32 Å². The number of urea groups is 1. The molecule has 3 amide bonds. The molecule has 9 heteroatoms. The summed E-state index contributed by atoms with van der Waals surface area (Å²) in [7, 11) is 1.56. The largest absolute Gasteiger partial charge is 0.497 e. The standard InChI is InChI=1S/C21H22N2O7/c1-21(13-3-8-17-18(9-13)30-12-29-17)19(25)23(20(26)22-21)10-14(24)11-28-16-6-4-15(27-2)5-7-16/h3-9,14,24H,10-12H2,1-2H3,(H,22,26)/t14-,21+/m1/s1. The molecule has 9 nitrogen and oxygen atoms in total. The number of aliphatic hydroxyl groups excluding tert-OH is 1. The molecule has 30 heavy (non-hydrogen) atoms. The number of imide groups is 1. The fraction of sp³-hybridized carbons (Fsp3) is 0.333. The first-order valence-corrected chi connectivity index (χ1v) is 9.40. The number of benzene rings is 2. The number of hydrogen-bond acceptors (Lipinski definition) is 7. The van der Waals surface area contributed by atoms with Gasteiger partial charge in [-0.15, -0.1) is 0 Å². The molecule has 1 saturated heterocycles. The molecule has 0 radical (unpaired) electrons. The molecule has 0 aromatic heterocycles. The van der Waals surface area contributed by atoms with E-state index < -0.39 is 23.6 Å². The number of fused-ring (bicyclic) bond motifs is 1. The van der Waals surface area contributed by atoms with E-state index in [0.29, 0.717) is 28.6 Å². The van der Waals surface area contributed by atoms with Crippen LogP contribution in [0.5, 0.6) is 23.0 Å². The second-order valence-electron chi connectivity index (χ2n) is 7.18. The van der Waals surface area contributed by atoms with Crippen molar-refractivity contribution in [1.82, 2.24) is 10.2 Å². The van der Waals surface area contributed by atoms with Crippen LogP contribution in [0.1, 0.15) is 12.5 Å². The van der Waals surface area contributed by atoms with E-state index >= 15 is 0 Å². The van der Waals surface area contributed by atoms with Crippen LogP contribution in [0, 0.1) is 0 Å². The Morgan fingerprint density at radius 3 is 2.57 bits per heavy atom. The van der Waals surface area contributed by atoms with Crippen molar-refractivity contribution in [1.29, 1.82) is 0 Å². The number of aliphatic hydroxyl groups is 1. The smallest absolute Gasteiger partial charge is 0.325 e. The van der Waals surface area contributed by atoms with Crippen LogP contribution in [-0.2, 0) is 10.3 Å². The van der Waals surface area contributed by atoms with Crippen molar-refractivity contribution in [3.05, 3.63) is 48.0 Å². The zero-order valence-electron chi connectivity index (χ0n) is 16.6. The molecular weight excluding hydrogens is 392 g/mol. The van der Waals surface area contributed by atoms with Crippen molar-refractivity contribution < 1.29 is 33.6 Å². The first-order chi connectivity index (χ1) is 14.4. The van der Waals surface area contributed by atoms with Crippen LogP contribution in [0.25, 0.3) is 0 Å². The van der Waals surface area contributed by atoms with E-state index in [1.807, 2.05) is 0 Å². The number of carbonyl (C=O) groups is 2. The minimum absolute atomic E-state index is 0.0792. The first-order valence-electron chi connectivity index (χ1n) is 9.40. The molecule has 2 aliphatic heterocycles. The Kier molecular flexibility index (Phi) is 5.13. The average Bonchev–Trinajstić information content (AvgIpc) is 3.31. The third-order valence-electron chi connectivity index (χ3n) is 5.12. The van der Waals surface area contributed by atoms with Gasteiger partial charge in [-0.3, -0.25) is 9.69 Å². The van der Waals surface area contributed by atoms with Gasteiger partial charge in [0.05, 0.1) is 13.7 Å². The molecule has 2 aromatic carbocycles. The number of hydrogen-bond donors (Lipinski definition) is 2. The third-order valence-corrected chi connectivity index (χ3v) is 5.12. The van der Waals surface area contributed by atoms with Crippen LogP contribution in [0.3, 0.4) is 0 Å². The first kappa shape index (κ1) is 19.8. The number of methoxy groups -OCH3 is 1. The number of amides is 3. The van der Waals surface area contributed by atoms with Gasteiger partial charge in [-0.25, -0.2) is 4.79 Å². The van der Waals surface area contributed by atoms with Crippen molar-refractivity contribution in [3.8, 4) is 23.0 Å². The predicted octanol–water partition coefficient (Wildman–Crippen LogP) is 1.63. The van der Waals surface area contributed by atoms with E-state index in [1.54, 1.807) is 56.5 Å². The molecule has 2 N–H and O–H groups in total. The number of nitrogens with zero attached hydrogens (tertiary/aromatic N) is 1. The molecule has 0 bridgehead atoms. The molecule has 4 rings (SSSR count). The Bertz CT molecular complexity index is 962. The molecule has 0 saturated carbocycles. The van der Waals surface area contributed by atoms with Gasteiger partial charge in [0.25, 0.3) is 5.91 Å². The summed E-state index contributed by atoms with van der Waals surface area (Å²) in [6.45, 7) is 1.46. The monoisotopic (exact) mass is 414 g/mol. The summed E-state index contributed by atoms with van der Waals surface area (Å²) in [5.41, 5.74) is -0.703. The lowest BCUT2D eigenvalue weighted by Gasteiger charge is -2.23. The number of carbonyl (C=O) groups excluding carboxylic acids is 2. The predicted molar refractivity (Wildman–Crippen MR) is 105 cm³/mol. The Morgan fingerprint density at radius 2 is 1.83 bits per heavy atom. The molecule has 2 aliphatic rings. The number of β-amino-alcohol motifs (C(OH)–C–C–N with tert-alkyl or cyclic N) is 1. The van der Waals surface area contributed by atoms with Gasteiger partial charge in [-0.2, -0.15) is 0 Å². The Labute approximate surface area is 173 Å². The maximum Gasteiger partial charge on any atom is 0.325 e. The van der Waals surface area contributed by atoms with E-state index in [9.17, 15) is 14.7 Å². The highest BCUT2D eigenvalue weighted by Crippen LogP contribution is 2.37. The molecule has 0 aliphatic carbocycles. The molecule has 0 unspecified atom stereocenters. The summed E-state index contributed by atoms with van der Waals surface area (Å²) in [5, 5.41) is 13.0. The minimum atomic E-state index is -1.27. The average molecular weight is 414 g/mol. The van der Waals surface area contributed by atoms with Gasteiger partial charge in [0.2, 0.25) is 6.79 Å². The van der Waals surface area contributed by atoms with Crippen LogP contribution in [0.4, 0.5) is 4.79 Å². The molecule has 2 aromatic rings. The second-order valence-corrected chi connectivity index (χ2v) is 7.18. The summed E-state index contributed by atoms with van der Waals surface area (Å²) in [5.74, 6) is 1.86. The van der Waals surface area contributed by atoms with Crippen molar-refractivity contribution in [3.63, 3.8) is 0 Å². The van der Waals surface area contributed by atoms with E-state index in [4.69, 9.17) is 18.9 Å². The van der Waals surface area contributed by atoms with Gasteiger partial charge >= 0.3 is 6.03 Å². The summed E-state index contributed by atoms with van der Waals surface area (Å²) in [4.78, 5) is 26.5. The summed E-state index contributed by atoms with van der Waals surface area (Å²) in [6.07, 6.45) is -1.05. The minimum Gasteiger partial charge on any atom is -0.497 e. The van der Waals surface area contributed by atoms with Gasteiger partial charge in [0, 0.05) is 0 Å². The van der Waals surface area contributed by atoms with Crippen molar-refractivity contribution in [2.75, 3.05) is 27.1 Å². The summed E-state index contributed by atoms with van der Waals surface area (Å²) in [6, 6.07) is 11.4. The summed E-state index contributed by atoms with van der Waals surface area (Å²) < 4.78 is 21.3. The molecule has 158 valence electrons. The van der Waals surface area contributed by atoms with Gasteiger partial charge in [0.1, 0.15) is 29.7 Å². The molecule has 2 heterocycles. The quantitative estimate of drug-likeness (QED) is 0.663. The molecule has 2 atom stereocenters. The van der Waals surface area contributed by atoms with Gasteiger partial charge in [-0.1, -0.05) is 6.07 Å². The third kappa shape index (κ3) is 3.59. The highest BCUT2D eigenvalue weighted by molar-refractivity contribution is 6.07. The van der Waals surface area contributed by atoms with E-state index in [-0.39, 0.29) is 19.9 Å². The second kappa shape index (κ2) is 7.75. The van der Waals surface area contributed by atoms with Gasteiger partial charge in [-0.05, 0) is 48.9 Å². The molecular formula is C21H22N2O7. The van der Waals surface area contributed by atoms with Crippen LogP contribution >= 0.6 is 0 Å². The fourth-order valence-electron chi connectivity index (χ4n) is 3.39. The number of nitrogens with one attached hydrogen (secondary N) is 1. The lowest BCUT2D eigenvalue weighted by Crippen LogP contribution is -2.42. The van der Waals surface area contributed by atoms with Gasteiger partial charge in [0.15, 0.2) is 11.5 Å². The topological polar surface area (TPSA) is 107 Å².